The third-order valence-corrected chi connectivity index (χ3v) is 4.81. The number of benzene rings is 1. The number of carbonyl (C=O) groups excluding carboxylic acids is 1. The molecule has 1 aliphatic heterocycles. The van der Waals surface area contributed by atoms with Crippen LogP contribution in [0.3, 0.4) is 0 Å². The molecule has 1 amide bonds. The van der Waals surface area contributed by atoms with Gasteiger partial charge in [-0.2, -0.15) is 0 Å². The Hall–Kier alpha value is -2.47. The molecule has 2 aromatic rings. The summed E-state index contributed by atoms with van der Waals surface area (Å²) in [6.07, 6.45) is 5.07. The van der Waals surface area contributed by atoms with E-state index in [0.717, 1.165) is 31.6 Å². The topological polar surface area (TPSA) is 58.6 Å². The summed E-state index contributed by atoms with van der Waals surface area (Å²) in [5.74, 6) is 0.231. The molecule has 6 nitrogen and oxygen atoms in total. The van der Waals surface area contributed by atoms with Crippen molar-refractivity contribution in [1.82, 2.24) is 19.8 Å². The van der Waals surface area contributed by atoms with E-state index in [4.69, 9.17) is 4.74 Å². The summed E-state index contributed by atoms with van der Waals surface area (Å²) in [6.45, 7) is 5.19. The molecular formula is C20H26N4O2. The van der Waals surface area contributed by atoms with Gasteiger partial charge in [0.15, 0.2) is 0 Å². The van der Waals surface area contributed by atoms with Crippen LogP contribution in [-0.2, 0) is 17.9 Å². The Morgan fingerprint density at radius 3 is 2.50 bits per heavy atom. The number of ether oxygens (including phenoxy) is 1. The zero-order valence-electron chi connectivity index (χ0n) is 15.5. The van der Waals surface area contributed by atoms with Crippen molar-refractivity contribution in [2.24, 2.45) is 0 Å². The van der Waals surface area contributed by atoms with Crippen LogP contribution in [0.2, 0.25) is 0 Å². The van der Waals surface area contributed by atoms with E-state index < -0.39 is 0 Å². The maximum atomic E-state index is 12.7. The van der Waals surface area contributed by atoms with Gasteiger partial charge in [0, 0.05) is 56.6 Å². The summed E-state index contributed by atoms with van der Waals surface area (Å²) in [5, 5.41) is 0. The minimum Gasteiger partial charge on any atom is -0.467 e. The number of amides is 1. The number of rotatable bonds is 6. The van der Waals surface area contributed by atoms with Crippen LogP contribution in [0, 0.1) is 0 Å². The molecule has 1 aromatic carbocycles. The van der Waals surface area contributed by atoms with E-state index in [9.17, 15) is 4.79 Å². The van der Waals surface area contributed by atoms with Gasteiger partial charge in [0.25, 0.3) is 0 Å². The molecule has 1 aliphatic rings. The summed E-state index contributed by atoms with van der Waals surface area (Å²) in [7, 11) is 1.56. The van der Waals surface area contributed by atoms with Gasteiger partial charge in [-0.15, -0.1) is 0 Å². The van der Waals surface area contributed by atoms with Crippen LogP contribution in [0.1, 0.15) is 30.9 Å². The van der Waals surface area contributed by atoms with Crippen molar-refractivity contribution in [2.45, 2.75) is 38.9 Å². The van der Waals surface area contributed by atoms with Gasteiger partial charge < -0.3 is 9.64 Å². The second-order valence-electron chi connectivity index (χ2n) is 6.63. The molecule has 1 atom stereocenters. The SMILES string of the molecule is CC[C@@H]1CN(Cc2cnc(OC)nc2)CCC(=O)N1Cc1ccccc1. The van der Waals surface area contributed by atoms with Gasteiger partial charge in [0.2, 0.25) is 5.91 Å². The highest BCUT2D eigenvalue weighted by molar-refractivity contribution is 5.77. The van der Waals surface area contributed by atoms with Crippen LogP contribution in [0.4, 0.5) is 0 Å². The van der Waals surface area contributed by atoms with Crippen LogP contribution in [-0.4, -0.2) is 51.9 Å². The third-order valence-electron chi connectivity index (χ3n) is 4.81. The summed E-state index contributed by atoms with van der Waals surface area (Å²) in [5.41, 5.74) is 2.21. The molecule has 1 saturated heterocycles. The third kappa shape index (κ3) is 4.58. The van der Waals surface area contributed by atoms with Crippen molar-refractivity contribution in [1.29, 1.82) is 0 Å². The smallest absolute Gasteiger partial charge is 0.316 e. The monoisotopic (exact) mass is 354 g/mol. The summed E-state index contributed by atoms with van der Waals surface area (Å²) < 4.78 is 5.01. The lowest BCUT2D eigenvalue weighted by atomic mass is 10.1. The average Bonchev–Trinajstić information content (AvgIpc) is 2.83. The quantitative estimate of drug-likeness (QED) is 0.798. The first-order valence-corrected chi connectivity index (χ1v) is 9.10. The summed E-state index contributed by atoms with van der Waals surface area (Å²) in [4.78, 5) is 25.4. The summed E-state index contributed by atoms with van der Waals surface area (Å²) >= 11 is 0. The van der Waals surface area contributed by atoms with Crippen LogP contribution < -0.4 is 4.74 Å². The second-order valence-corrected chi connectivity index (χ2v) is 6.63. The maximum Gasteiger partial charge on any atom is 0.316 e. The molecule has 3 rings (SSSR count). The largest absolute Gasteiger partial charge is 0.467 e. The van der Waals surface area contributed by atoms with Crippen LogP contribution in [0.5, 0.6) is 6.01 Å². The minimum atomic E-state index is 0.212. The number of carbonyl (C=O) groups is 1. The number of nitrogens with zero attached hydrogens (tertiary/aromatic N) is 4. The predicted molar refractivity (Wildman–Crippen MR) is 99.5 cm³/mol. The van der Waals surface area contributed by atoms with E-state index in [2.05, 4.69) is 33.9 Å². The standard InChI is InChI=1S/C20H26N4O2/c1-3-18-15-23(13-17-11-21-20(26-2)22-12-17)10-9-19(25)24(18)14-16-7-5-4-6-8-16/h4-8,11-12,18H,3,9-10,13-15H2,1-2H3/t18-/m1/s1. The molecule has 2 heterocycles. The molecule has 1 aromatic heterocycles. The number of hydrogen-bond acceptors (Lipinski definition) is 5. The van der Waals surface area contributed by atoms with Gasteiger partial charge in [-0.1, -0.05) is 37.3 Å². The van der Waals surface area contributed by atoms with Gasteiger partial charge >= 0.3 is 6.01 Å². The summed E-state index contributed by atoms with van der Waals surface area (Å²) in [6, 6.07) is 10.8. The van der Waals surface area contributed by atoms with Crippen molar-refractivity contribution in [3.05, 3.63) is 53.9 Å². The van der Waals surface area contributed by atoms with E-state index in [0.29, 0.717) is 19.0 Å². The first-order valence-electron chi connectivity index (χ1n) is 9.10. The molecule has 0 spiro atoms. The van der Waals surface area contributed by atoms with Crippen molar-refractivity contribution in [3.63, 3.8) is 0 Å². The number of hydrogen-bond donors (Lipinski definition) is 0. The highest BCUT2D eigenvalue weighted by atomic mass is 16.5. The van der Waals surface area contributed by atoms with E-state index >= 15 is 0 Å². The second kappa shape index (κ2) is 8.76. The first kappa shape index (κ1) is 18.3. The van der Waals surface area contributed by atoms with Gasteiger partial charge in [-0.05, 0) is 12.0 Å². The van der Waals surface area contributed by atoms with Gasteiger partial charge in [0.1, 0.15) is 0 Å². The van der Waals surface area contributed by atoms with Crippen LogP contribution >= 0.6 is 0 Å². The molecule has 6 heteroatoms. The molecule has 0 unspecified atom stereocenters. The molecule has 0 aliphatic carbocycles. The van der Waals surface area contributed by atoms with E-state index in [1.165, 1.54) is 5.56 Å². The van der Waals surface area contributed by atoms with Crippen molar-refractivity contribution in [3.8, 4) is 6.01 Å². The van der Waals surface area contributed by atoms with E-state index in [1.54, 1.807) is 19.5 Å². The lowest BCUT2D eigenvalue weighted by Gasteiger charge is -2.31. The fraction of sp³-hybridized carbons (Fsp3) is 0.450. The molecule has 0 N–H and O–H groups in total. The number of methoxy groups -OCH3 is 1. The molecule has 0 bridgehead atoms. The highest BCUT2D eigenvalue weighted by Crippen LogP contribution is 2.19. The van der Waals surface area contributed by atoms with Gasteiger partial charge in [-0.25, -0.2) is 9.97 Å². The fourth-order valence-corrected chi connectivity index (χ4v) is 3.37. The van der Waals surface area contributed by atoms with Crippen LogP contribution in [0.25, 0.3) is 0 Å². The van der Waals surface area contributed by atoms with Crippen molar-refractivity contribution < 1.29 is 9.53 Å². The molecule has 26 heavy (non-hydrogen) atoms. The molecule has 0 radical (unpaired) electrons. The Bertz CT molecular complexity index is 706. The lowest BCUT2D eigenvalue weighted by Crippen LogP contribution is -2.42. The Kier molecular flexibility index (Phi) is 6.17. The van der Waals surface area contributed by atoms with Gasteiger partial charge in [-0.3, -0.25) is 9.69 Å². The van der Waals surface area contributed by atoms with E-state index in [-0.39, 0.29) is 11.9 Å². The Morgan fingerprint density at radius 2 is 1.85 bits per heavy atom. The Morgan fingerprint density at radius 1 is 1.12 bits per heavy atom. The highest BCUT2D eigenvalue weighted by Gasteiger charge is 2.28. The first-order chi connectivity index (χ1) is 12.7. The molecule has 1 fully saturated rings. The Labute approximate surface area is 154 Å². The minimum absolute atomic E-state index is 0.212. The number of aromatic nitrogens is 2. The molecular weight excluding hydrogens is 328 g/mol. The lowest BCUT2D eigenvalue weighted by molar-refractivity contribution is -0.133. The molecule has 0 saturated carbocycles. The zero-order chi connectivity index (χ0) is 18.4. The predicted octanol–water partition coefficient (Wildman–Crippen LogP) is 2.50. The molecule has 138 valence electrons. The normalized spacial score (nSPS) is 18.6. The maximum absolute atomic E-state index is 12.7. The van der Waals surface area contributed by atoms with Crippen molar-refractivity contribution in [2.75, 3.05) is 20.2 Å². The fourth-order valence-electron chi connectivity index (χ4n) is 3.37. The van der Waals surface area contributed by atoms with Crippen molar-refractivity contribution >= 4 is 5.91 Å². The Balaban J connectivity index is 1.69. The van der Waals surface area contributed by atoms with E-state index in [1.807, 2.05) is 23.1 Å². The van der Waals surface area contributed by atoms with Crippen LogP contribution in [0.15, 0.2) is 42.7 Å². The average molecular weight is 354 g/mol. The zero-order valence-corrected chi connectivity index (χ0v) is 15.5. The van der Waals surface area contributed by atoms with Gasteiger partial charge in [0.05, 0.1) is 7.11 Å².